The van der Waals surface area contributed by atoms with Crippen LogP contribution in [0, 0.1) is 10.1 Å². The van der Waals surface area contributed by atoms with Crippen molar-refractivity contribution in [3.63, 3.8) is 0 Å². The van der Waals surface area contributed by atoms with Crippen LogP contribution >= 0.6 is 80.7 Å². The minimum absolute atomic E-state index is 0.308. The highest BCUT2D eigenvalue weighted by atomic mass is 35.5. The zero-order valence-corrected chi connectivity index (χ0v) is 19.2. The van der Waals surface area contributed by atoms with Gasteiger partial charge in [0.2, 0.25) is 0 Å². The monoisotopic (exact) mass is 519 g/mol. The van der Waals surface area contributed by atoms with E-state index in [9.17, 15) is 10.1 Å². The van der Waals surface area contributed by atoms with E-state index in [-0.39, 0.29) is 15.2 Å². The first-order valence-electron chi connectivity index (χ1n) is 7.56. The topological polar surface area (TPSA) is 75.4 Å². The molecule has 1 aliphatic rings. The molecule has 0 aromatic carbocycles. The van der Waals surface area contributed by atoms with Gasteiger partial charge in [-0.3, -0.25) is 10.1 Å². The van der Waals surface area contributed by atoms with Gasteiger partial charge in [-0.05, 0) is 0 Å². The summed E-state index contributed by atoms with van der Waals surface area (Å²) in [6.07, 6.45) is 3.27. The lowest BCUT2D eigenvalue weighted by atomic mass is 10.3. The number of rotatable bonds is 6. The smallest absolute Gasteiger partial charge is 0.330 e. The Labute approximate surface area is 192 Å². The van der Waals surface area contributed by atoms with E-state index in [0.717, 1.165) is 9.75 Å². The van der Waals surface area contributed by atoms with E-state index in [1.54, 1.807) is 12.4 Å². The second kappa shape index (κ2) is 9.34. The Hall–Kier alpha value is -0.810. The van der Waals surface area contributed by atoms with Crippen molar-refractivity contribution >= 4 is 80.7 Å². The molecule has 2 aromatic heterocycles. The van der Waals surface area contributed by atoms with Crippen LogP contribution in [0.25, 0.3) is 0 Å². The predicted octanol–water partition coefficient (Wildman–Crippen LogP) is 5.56. The molecule has 0 radical (unpaired) electrons. The number of thiazole rings is 2. The molecular weight excluding hydrogens is 512 g/mol. The van der Waals surface area contributed by atoms with Crippen molar-refractivity contribution in [1.29, 1.82) is 0 Å². The van der Waals surface area contributed by atoms with Crippen LogP contribution in [0.4, 0.5) is 0 Å². The molecule has 0 spiro atoms. The van der Waals surface area contributed by atoms with Crippen LogP contribution in [0.2, 0.25) is 8.93 Å². The summed E-state index contributed by atoms with van der Waals surface area (Å²) in [5.74, 6) is 0.308. The fourth-order valence-corrected chi connectivity index (χ4v) is 5.02. The number of aromatic nitrogens is 2. The Morgan fingerprint density at radius 1 is 1.04 bits per heavy atom. The molecule has 0 bridgehead atoms. The van der Waals surface area contributed by atoms with Gasteiger partial charge in [0.15, 0.2) is 19.8 Å². The highest BCUT2D eigenvalue weighted by Gasteiger charge is 2.37. The summed E-state index contributed by atoms with van der Waals surface area (Å²) in [6, 6.07) is 0. The van der Waals surface area contributed by atoms with E-state index < -0.39 is 4.92 Å². The normalized spacial score (nSPS) is 14.0. The maximum absolute atomic E-state index is 11.8. The largest absolute Gasteiger partial charge is 0.346 e. The molecule has 0 N–H and O–H groups in total. The lowest BCUT2D eigenvalue weighted by Crippen LogP contribution is -2.26. The van der Waals surface area contributed by atoms with Gasteiger partial charge in [0, 0.05) is 35.2 Å². The molecule has 3 heterocycles. The zero-order chi connectivity index (χ0) is 20.4. The van der Waals surface area contributed by atoms with Gasteiger partial charge in [-0.15, -0.1) is 22.7 Å². The van der Waals surface area contributed by atoms with Gasteiger partial charge in [-0.25, -0.2) is 9.97 Å². The highest BCUT2D eigenvalue weighted by Crippen LogP contribution is 2.35. The number of nitrogens with zero attached hydrogens (tertiary/aromatic N) is 5. The molecule has 1 aliphatic heterocycles. The van der Waals surface area contributed by atoms with Crippen molar-refractivity contribution in [2.45, 2.75) is 13.1 Å². The fraction of sp³-hybridized carbons (Fsp3) is 0.286. The molecule has 0 atom stereocenters. The Morgan fingerprint density at radius 2 is 1.50 bits per heavy atom. The van der Waals surface area contributed by atoms with Crippen molar-refractivity contribution in [3.8, 4) is 0 Å². The third-order valence-corrected chi connectivity index (χ3v) is 6.89. The van der Waals surface area contributed by atoms with Gasteiger partial charge >= 0.3 is 5.70 Å². The third kappa shape index (κ3) is 5.02. The Morgan fingerprint density at radius 3 is 1.82 bits per heavy atom. The second-order valence-corrected chi connectivity index (χ2v) is 10.2. The van der Waals surface area contributed by atoms with E-state index in [1.807, 2.05) is 9.80 Å². The standard InChI is InChI=1S/C14H10Cl5N5O2S2/c15-9(11(16)17)10(24(25)26)12-22(5-7-3-20-13(18)27-7)1-2-23(12)6-8-4-21-14(19)28-8/h3-4H,1-2,5-6H2. The predicted molar refractivity (Wildman–Crippen MR) is 114 cm³/mol. The van der Waals surface area contributed by atoms with E-state index in [1.165, 1.54) is 22.7 Å². The van der Waals surface area contributed by atoms with Crippen molar-refractivity contribution < 1.29 is 4.92 Å². The van der Waals surface area contributed by atoms with Crippen LogP contribution in [-0.4, -0.2) is 37.8 Å². The first-order chi connectivity index (χ1) is 13.3. The van der Waals surface area contributed by atoms with Gasteiger partial charge in [0.25, 0.3) is 0 Å². The van der Waals surface area contributed by atoms with E-state index in [4.69, 9.17) is 58.0 Å². The van der Waals surface area contributed by atoms with Crippen LogP contribution in [0.3, 0.4) is 0 Å². The first-order valence-corrected chi connectivity index (χ1v) is 11.1. The number of hydrogen-bond acceptors (Lipinski definition) is 8. The molecule has 28 heavy (non-hydrogen) atoms. The van der Waals surface area contributed by atoms with Crippen LogP contribution in [0.5, 0.6) is 0 Å². The summed E-state index contributed by atoms with van der Waals surface area (Å²) in [5, 5.41) is 11.5. The molecule has 0 aliphatic carbocycles. The second-order valence-electron chi connectivity index (χ2n) is 5.51. The number of hydrogen-bond donors (Lipinski definition) is 0. The number of allylic oxidation sites excluding steroid dienone is 1. The highest BCUT2D eigenvalue weighted by molar-refractivity contribution is 7.16. The molecule has 0 amide bonds. The van der Waals surface area contributed by atoms with Crippen LogP contribution in [0.15, 0.2) is 33.4 Å². The van der Waals surface area contributed by atoms with E-state index >= 15 is 0 Å². The van der Waals surface area contributed by atoms with Gasteiger partial charge < -0.3 is 9.80 Å². The summed E-state index contributed by atoms with van der Waals surface area (Å²) in [5.41, 5.74) is -0.370. The molecule has 3 rings (SSSR count). The molecule has 1 saturated heterocycles. The van der Waals surface area contributed by atoms with Crippen molar-refractivity contribution in [2.75, 3.05) is 13.1 Å². The van der Waals surface area contributed by atoms with E-state index in [0.29, 0.717) is 40.9 Å². The molecule has 0 saturated carbocycles. The van der Waals surface area contributed by atoms with E-state index in [2.05, 4.69) is 9.97 Å². The van der Waals surface area contributed by atoms with Gasteiger partial charge in [-0.2, -0.15) is 0 Å². The van der Waals surface area contributed by atoms with Gasteiger partial charge in [0.05, 0.1) is 18.0 Å². The minimum atomic E-state index is -0.590. The molecule has 1 fully saturated rings. The Balaban J connectivity index is 2.03. The van der Waals surface area contributed by atoms with Crippen molar-refractivity contribution in [2.24, 2.45) is 0 Å². The number of nitro groups is 1. The molecular formula is C14H10Cl5N5O2S2. The molecule has 2 aromatic rings. The molecule has 150 valence electrons. The SMILES string of the molecule is O=[N+]([O-])C(C(Cl)=C(Cl)Cl)=C1N(Cc2cnc(Cl)s2)CCN1Cc1cnc(Cl)s1. The van der Waals surface area contributed by atoms with Gasteiger partial charge in [0.1, 0.15) is 4.49 Å². The first kappa shape index (κ1) is 21.9. The van der Waals surface area contributed by atoms with Gasteiger partial charge in [-0.1, -0.05) is 58.0 Å². The summed E-state index contributed by atoms with van der Waals surface area (Å²) < 4.78 is 0.411. The maximum Gasteiger partial charge on any atom is 0.330 e. The third-order valence-electron chi connectivity index (χ3n) is 3.75. The molecule has 7 nitrogen and oxygen atoms in total. The average Bonchev–Trinajstić information content (AvgIpc) is 3.31. The van der Waals surface area contributed by atoms with Crippen LogP contribution in [-0.2, 0) is 13.1 Å². The Kier molecular flexibility index (Phi) is 7.30. The summed E-state index contributed by atoms with van der Waals surface area (Å²) in [4.78, 5) is 24.6. The minimum Gasteiger partial charge on any atom is -0.346 e. The average molecular weight is 522 g/mol. The van der Waals surface area contributed by atoms with Crippen molar-refractivity contribution in [3.05, 3.63) is 62.2 Å². The molecule has 0 unspecified atom stereocenters. The zero-order valence-electron chi connectivity index (χ0n) is 13.7. The lowest BCUT2D eigenvalue weighted by molar-refractivity contribution is -0.423. The quantitative estimate of drug-likeness (QED) is 0.366. The summed E-state index contributed by atoms with van der Waals surface area (Å²) >= 11 is 32.0. The van der Waals surface area contributed by atoms with Crippen molar-refractivity contribution in [1.82, 2.24) is 19.8 Å². The maximum atomic E-state index is 11.8. The molecule has 14 heteroatoms. The lowest BCUT2D eigenvalue weighted by Gasteiger charge is -2.23. The summed E-state index contributed by atoms with van der Waals surface area (Å²) in [7, 11) is 0. The Bertz CT molecular complexity index is 903. The fourth-order valence-electron chi connectivity index (χ4n) is 2.70. The number of halogens is 5. The summed E-state index contributed by atoms with van der Waals surface area (Å²) in [6.45, 7) is 1.81. The van der Waals surface area contributed by atoms with Crippen LogP contribution in [0.1, 0.15) is 9.75 Å². The van der Waals surface area contributed by atoms with Crippen LogP contribution < -0.4 is 0 Å².